The van der Waals surface area contributed by atoms with Gasteiger partial charge in [-0.3, -0.25) is 4.99 Å². The van der Waals surface area contributed by atoms with Crippen LogP contribution in [-0.4, -0.2) is 45.9 Å². The molecule has 7 heteroatoms. The highest BCUT2D eigenvalue weighted by molar-refractivity contribution is 5.80. The molecule has 1 atom stereocenters. The summed E-state index contributed by atoms with van der Waals surface area (Å²) in [5.74, 6) is 1.28. The molecule has 1 saturated carbocycles. The summed E-state index contributed by atoms with van der Waals surface area (Å²) in [5, 5.41) is 6.67. The zero-order valence-corrected chi connectivity index (χ0v) is 18.9. The van der Waals surface area contributed by atoms with Gasteiger partial charge >= 0.3 is 0 Å². The van der Waals surface area contributed by atoms with Crippen LogP contribution in [0.4, 0.5) is 10.1 Å². The van der Waals surface area contributed by atoms with E-state index in [0.29, 0.717) is 30.8 Å². The lowest BCUT2D eigenvalue weighted by molar-refractivity contribution is 0.122. The molecule has 2 aliphatic rings. The Kier molecular flexibility index (Phi) is 7.47. The predicted molar refractivity (Wildman–Crippen MR) is 126 cm³/mol. The highest BCUT2D eigenvalue weighted by Gasteiger charge is 2.22. The summed E-state index contributed by atoms with van der Waals surface area (Å²) in [5.41, 5.74) is 3.24. The normalized spacial score (nSPS) is 17.7. The van der Waals surface area contributed by atoms with Crippen LogP contribution in [-0.2, 0) is 11.3 Å². The molecular formula is C25H33FN4O2. The Labute approximate surface area is 189 Å². The first-order valence-electron chi connectivity index (χ1n) is 11.4. The van der Waals surface area contributed by atoms with Crippen molar-refractivity contribution in [1.82, 2.24) is 10.6 Å². The van der Waals surface area contributed by atoms with Crippen LogP contribution in [0.25, 0.3) is 0 Å². The third-order valence-corrected chi connectivity index (χ3v) is 5.98. The lowest BCUT2D eigenvalue weighted by Crippen LogP contribution is -2.38. The average Bonchev–Trinajstić information content (AvgIpc) is 3.66. The zero-order chi connectivity index (χ0) is 22.3. The van der Waals surface area contributed by atoms with Crippen molar-refractivity contribution in [3.8, 4) is 5.75 Å². The molecule has 0 radical (unpaired) electrons. The van der Waals surface area contributed by atoms with Gasteiger partial charge in [-0.05, 0) is 61.1 Å². The predicted octanol–water partition coefficient (Wildman–Crippen LogP) is 3.88. The van der Waals surface area contributed by atoms with Crippen LogP contribution in [0.3, 0.4) is 0 Å². The molecule has 2 aromatic rings. The molecule has 0 spiro atoms. The summed E-state index contributed by atoms with van der Waals surface area (Å²) in [4.78, 5) is 6.65. The number of halogens is 1. The van der Waals surface area contributed by atoms with Crippen molar-refractivity contribution in [1.29, 1.82) is 0 Å². The standard InChI is InChI=1S/C25H33FN4O2/c1-18(21-7-10-24(23(26)15-21)32-17-20-3-4-20)29-25(27-2)28-16-19-5-8-22(9-6-19)30-11-13-31-14-12-30/h5-10,15,18,20H,3-4,11-14,16-17H2,1-2H3,(H2,27,28,29). The zero-order valence-electron chi connectivity index (χ0n) is 18.9. The van der Waals surface area contributed by atoms with Crippen LogP contribution in [0.2, 0.25) is 0 Å². The maximum Gasteiger partial charge on any atom is 0.191 e. The van der Waals surface area contributed by atoms with Gasteiger partial charge in [0.15, 0.2) is 17.5 Å². The van der Waals surface area contributed by atoms with Crippen LogP contribution < -0.4 is 20.3 Å². The SMILES string of the molecule is CN=C(NCc1ccc(N2CCOCC2)cc1)NC(C)c1ccc(OCC2CC2)c(F)c1. The Hall–Kier alpha value is -2.80. The quantitative estimate of drug-likeness (QED) is 0.482. The molecule has 2 aromatic carbocycles. The minimum Gasteiger partial charge on any atom is -0.490 e. The second kappa shape index (κ2) is 10.7. The number of hydrogen-bond acceptors (Lipinski definition) is 4. The lowest BCUT2D eigenvalue weighted by atomic mass is 10.1. The van der Waals surface area contributed by atoms with E-state index < -0.39 is 0 Å². The molecule has 0 aromatic heterocycles. The Bertz CT molecular complexity index is 909. The number of nitrogens with one attached hydrogen (secondary N) is 2. The van der Waals surface area contributed by atoms with Crippen molar-refractivity contribution >= 4 is 11.6 Å². The van der Waals surface area contributed by atoms with Crippen LogP contribution in [0.5, 0.6) is 5.75 Å². The van der Waals surface area contributed by atoms with Crippen LogP contribution in [0.15, 0.2) is 47.5 Å². The fraction of sp³-hybridized carbons (Fsp3) is 0.480. The van der Waals surface area contributed by atoms with Crippen molar-refractivity contribution in [2.45, 2.75) is 32.4 Å². The second-order valence-electron chi connectivity index (χ2n) is 8.50. The van der Waals surface area contributed by atoms with Gasteiger partial charge in [0.2, 0.25) is 0 Å². The van der Waals surface area contributed by atoms with Gasteiger partial charge in [-0.25, -0.2) is 4.39 Å². The van der Waals surface area contributed by atoms with Gasteiger partial charge in [0.25, 0.3) is 0 Å². The number of rotatable bonds is 8. The van der Waals surface area contributed by atoms with Crippen molar-refractivity contribution < 1.29 is 13.9 Å². The molecule has 1 unspecified atom stereocenters. The van der Waals surface area contributed by atoms with E-state index in [-0.39, 0.29) is 11.9 Å². The smallest absolute Gasteiger partial charge is 0.191 e. The van der Waals surface area contributed by atoms with Crippen LogP contribution in [0, 0.1) is 11.7 Å². The number of hydrogen-bond donors (Lipinski definition) is 2. The number of morpholine rings is 1. The van der Waals surface area contributed by atoms with E-state index >= 15 is 0 Å². The maximum absolute atomic E-state index is 14.4. The Balaban J connectivity index is 1.27. The summed E-state index contributed by atoms with van der Waals surface area (Å²) in [6, 6.07) is 13.6. The van der Waals surface area contributed by atoms with Crippen molar-refractivity contribution in [2.75, 3.05) is 44.9 Å². The number of guanidine groups is 1. The molecule has 1 aliphatic heterocycles. The molecule has 1 aliphatic carbocycles. The summed E-state index contributed by atoms with van der Waals surface area (Å²) in [6.45, 7) is 6.67. The van der Waals surface area contributed by atoms with E-state index in [2.05, 4.69) is 44.8 Å². The summed E-state index contributed by atoms with van der Waals surface area (Å²) < 4.78 is 25.4. The van der Waals surface area contributed by atoms with Crippen molar-refractivity contribution in [2.24, 2.45) is 10.9 Å². The van der Waals surface area contributed by atoms with E-state index in [4.69, 9.17) is 9.47 Å². The lowest BCUT2D eigenvalue weighted by Gasteiger charge is -2.29. The van der Waals surface area contributed by atoms with Gasteiger partial charge < -0.3 is 25.0 Å². The van der Waals surface area contributed by atoms with Gasteiger partial charge in [0.1, 0.15) is 0 Å². The second-order valence-corrected chi connectivity index (χ2v) is 8.50. The molecule has 4 rings (SSSR count). The van der Waals surface area contributed by atoms with Gasteiger partial charge in [0, 0.05) is 32.4 Å². The molecule has 2 fully saturated rings. The van der Waals surface area contributed by atoms with E-state index in [9.17, 15) is 4.39 Å². The minimum atomic E-state index is -0.319. The molecule has 0 bridgehead atoms. The van der Waals surface area contributed by atoms with Crippen LogP contribution in [0.1, 0.15) is 36.9 Å². The highest BCUT2D eigenvalue weighted by atomic mass is 19.1. The van der Waals surface area contributed by atoms with Gasteiger partial charge in [-0.2, -0.15) is 0 Å². The maximum atomic E-state index is 14.4. The summed E-state index contributed by atoms with van der Waals surface area (Å²) >= 11 is 0. The van der Waals surface area contributed by atoms with Crippen molar-refractivity contribution in [3.05, 3.63) is 59.4 Å². The fourth-order valence-electron chi connectivity index (χ4n) is 3.71. The Morgan fingerprint density at radius 1 is 1.19 bits per heavy atom. The third-order valence-electron chi connectivity index (χ3n) is 5.98. The number of aliphatic imine (C=N–C) groups is 1. The first kappa shape index (κ1) is 22.4. The topological polar surface area (TPSA) is 58.1 Å². The van der Waals surface area contributed by atoms with Gasteiger partial charge in [-0.1, -0.05) is 18.2 Å². The largest absolute Gasteiger partial charge is 0.490 e. The van der Waals surface area contributed by atoms with Crippen molar-refractivity contribution in [3.63, 3.8) is 0 Å². The molecule has 0 amide bonds. The van der Waals surface area contributed by atoms with E-state index in [1.807, 2.05) is 13.0 Å². The molecule has 6 nitrogen and oxygen atoms in total. The third kappa shape index (κ3) is 6.13. The van der Waals surface area contributed by atoms with E-state index in [1.54, 1.807) is 13.1 Å². The van der Waals surface area contributed by atoms with Crippen LogP contribution >= 0.6 is 0 Å². The molecule has 2 N–H and O–H groups in total. The van der Waals surface area contributed by atoms with E-state index in [0.717, 1.165) is 31.9 Å². The number of anilines is 1. The number of ether oxygens (including phenoxy) is 2. The molecule has 1 heterocycles. The Morgan fingerprint density at radius 3 is 2.59 bits per heavy atom. The number of benzene rings is 2. The first-order valence-corrected chi connectivity index (χ1v) is 11.4. The summed E-state index contributed by atoms with van der Waals surface area (Å²) in [7, 11) is 1.74. The molecule has 1 saturated heterocycles. The first-order chi connectivity index (χ1) is 15.6. The highest BCUT2D eigenvalue weighted by Crippen LogP contribution is 2.30. The summed E-state index contributed by atoms with van der Waals surface area (Å²) in [6.07, 6.45) is 2.37. The average molecular weight is 441 g/mol. The fourth-order valence-corrected chi connectivity index (χ4v) is 3.71. The molecule has 32 heavy (non-hydrogen) atoms. The van der Waals surface area contributed by atoms with E-state index in [1.165, 1.54) is 30.2 Å². The molecular weight excluding hydrogens is 407 g/mol. The molecule has 172 valence electrons. The Morgan fingerprint density at radius 2 is 1.94 bits per heavy atom. The monoisotopic (exact) mass is 440 g/mol. The van der Waals surface area contributed by atoms with Gasteiger partial charge in [0.05, 0.1) is 25.9 Å². The number of nitrogens with zero attached hydrogens (tertiary/aromatic N) is 2. The minimum absolute atomic E-state index is 0.100. The van der Waals surface area contributed by atoms with Gasteiger partial charge in [-0.15, -0.1) is 0 Å².